The fourth-order valence-corrected chi connectivity index (χ4v) is 6.43. The number of cyclic esters (lactones) is 1. The maximum Gasteiger partial charge on any atom is 1.00 e. The molecule has 0 unspecified atom stereocenters. The third-order valence-electron chi connectivity index (χ3n) is 4.78. The zero-order valence-corrected chi connectivity index (χ0v) is 22.4. The van der Waals surface area contributed by atoms with Crippen LogP contribution in [0.1, 0.15) is 5.69 Å². The van der Waals surface area contributed by atoms with Crippen LogP contribution in [0.5, 0.6) is 0 Å². The molecule has 16 heteroatoms. The minimum atomic E-state index is -1.51. The molecule has 2 atom stereocenters. The van der Waals surface area contributed by atoms with Gasteiger partial charge in [0.25, 0.3) is 11.8 Å². The van der Waals surface area contributed by atoms with Gasteiger partial charge in [-0.3, -0.25) is 14.5 Å². The second-order valence-corrected chi connectivity index (χ2v) is 9.79. The van der Waals surface area contributed by atoms with Crippen LogP contribution >= 0.6 is 34.9 Å². The van der Waals surface area contributed by atoms with E-state index in [1.54, 1.807) is 6.08 Å². The molecule has 0 saturated carbocycles. The molecule has 0 aromatic carbocycles. The van der Waals surface area contributed by atoms with Gasteiger partial charge < -0.3 is 30.5 Å². The molecule has 4 heterocycles. The molecule has 3 N–H and O–H groups in total. The summed E-state index contributed by atoms with van der Waals surface area (Å²) in [5, 5.41) is 19.2. The maximum absolute atomic E-state index is 12.8. The molecule has 1 aromatic rings. The minimum Gasteiger partial charge on any atom is -0.543 e. The molecule has 0 bridgehead atoms. The number of ether oxygens (including phenoxy) is 1. The van der Waals surface area contributed by atoms with Crippen molar-refractivity contribution in [2.45, 2.75) is 11.4 Å². The number of nitrogens with zero attached hydrogens (tertiary/aromatic N) is 3. The Labute approximate surface area is 227 Å². The normalized spacial score (nSPS) is 21.7. The van der Waals surface area contributed by atoms with Crippen molar-refractivity contribution in [3.8, 4) is 0 Å². The summed E-state index contributed by atoms with van der Waals surface area (Å²) in [6, 6.07) is -0.978. The molecule has 34 heavy (non-hydrogen) atoms. The number of β-lactam (4-membered cyclic amide) rings is 1. The van der Waals surface area contributed by atoms with Gasteiger partial charge in [-0.25, -0.2) is 9.78 Å². The van der Waals surface area contributed by atoms with E-state index in [9.17, 15) is 24.3 Å². The van der Waals surface area contributed by atoms with Crippen molar-refractivity contribution in [1.29, 1.82) is 0 Å². The topological polar surface area (TPSA) is 176 Å². The van der Waals surface area contributed by atoms with Crippen molar-refractivity contribution in [2.24, 2.45) is 5.16 Å². The maximum atomic E-state index is 12.8. The average Bonchev–Trinajstić information content (AvgIpc) is 3.40. The number of fused-ring (bicyclic) bond motifs is 1. The molecule has 0 aliphatic carbocycles. The number of thioether (sulfide) groups is 2. The van der Waals surface area contributed by atoms with Crippen molar-refractivity contribution in [3.63, 3.8) is 0 Å². The monoisotopic (exact) mass is 533 g/mol. The standard InChI is InChI=1S/C18H17N5O7S3.Na/c1-29-22-10(8-5-33-18(19)20-8)13(24)21-11-14(25)23-12(16(26)27)9(6-32-15(11)23)31-4-7-2-3-30-17(7)28;/h2,5,11,15H,3-4,6H2,1H3,(H2,19,20)(H,21,24)(H,26,27);/q;+1/p-1/b22-10-;/t11-,15-;/m1./s1. The van der Waals surface area contributed by atoms with Gasteiger partial charge in [0, 0.05) is 27.4 Å². The van der Waals surface area contributed by atoms with Crippen molar-refractivity contribution >= 4 is 69.5 Å². The van der Waals surface area contributed by atoms with Crippen LogP contribution in [0.25, 0.3) is 0 Å². The van der Waals surface area contributed by atoms with Crippen LogP contribution in [-0.2, 0) is 28.8 Å². The molecule has 4 rings (SSSR count). The Bertz CT molecular complexity index is 1130. The predicted octanol–water partition coefficient (Wildman–Crippen LogP) is -4.34. The molecule has 1 fully saturated rings. The van der Waals surface area contributed by atoms with E-state index in [2.05, 4.69) is 15.5 Å². The number of esters is 1. The predicted molar refractivity (Wildman–Crippen MR) is 119 cm³/mol. The summed E-state index contributed by atoms with van der Waals surface area (Å²) >= 11 is 3.53. The first-order valence-corrected chi connectivity index (χ1v) is 12.2. The van der Waals surface area contributed by atoms with E-state index < -0.39 is 35.2 Å². The van der Waals surface area contributed by atoms with Crippen LogP contribution in [0, 0.1) is 0 Å². The first-order valence-electron chi connectivity index (χ1n) is 9.33. The molecule has 12 nitrogen and oxygen atoms in total. The fourth-order valence-electron chi connectivity index (χ4n) is 3.27. The van der Waals surface area contributed by atoms with Crippen LogP contribution in [-0.4, -0.2) is 76.0 Å². The summed E-state index contributed by atoms with van der Waals surface area (Å²) in [7, 11) is 1.26. The SMILES string of the molecule is CO/N=C(\C(=O)N[C@@H]1C(=O)N2C(C(=O)[O-])=C(SCC3=CCOC3=O)CS[C@H]12)c1csc(N)n1.[Na+]. The quantitative estimate of drug-likeness (QED) is 0.109. The van der Waals surface area contributed by atoms with Gasteiger partial charge in [0.2, 0.25) is 0 Å². The molecule has 3 aliphatic heterocycles. The van der Waals surface area contributed by atoms with Crippen LogP contribution < -0.4 is 45.7 Å². The Hall–Kier alpha value is -2.04. The number of carboxylic acids is 1. The molecule has 1 aromatic heterocycles. The molecule has 174 valence electrons. The van der Waals surface area contributed by atoms with Gasteiger partial charge in [-0.05, 0) is 6.08 Å². The van der Waals surface area contributed by atoms with Gasteiger partial charge >= 0.3 is 35.5 Å². The Balaban J connectivity index is 0.00000324. The number of nitrogens with two attached hydrogens (primary N) is 1. The van der Waals surface area contributed by atoms with E-state index in [1.807, 2.05) is 0 Å². The smallest absolute Gasteiger partial charge is 0.543 e. The summed E-state index contributed by atoms with van der Waals surface area (Å²) in [4.78, 5) is 59.2. The van der Waals surface area contributed by atoms with E-state index in [0.717, 1.165) is 28.0 Å². The summed E-state index contributed by atoms with van der Waals surface area (Å²) in [6.45, 7) is 0.186. The Morgan fingerprint density at radius 1 is 1.47 bits per heavy atom. The van der Waals surface area contributed by atoms with E-state index in [0.29, 0.717) is 10.5 Å². The molecular weight excluding hydrogens is 517 g/mol. The molecule has 0 radical (unpaired) electrons. The number of nitrogens with one attached hydrogen (secondary N) is 1. The number of aliphatic carboxylic acids is 1. The van der Waals surface area contributed by atoms with Crippen molar-refractivity contribution in [1.82, 2.24) is 15.2 Å². The minimum absolute atomic E-state index is 0. The molecule has 1 saturated heterocycles. The van der Waals surface area contributed by atoms with Gasteiger partial charge in [-0.2, -0.15) is 0 Å². The second kappa shape index (κ2) is 11.1. The van der Waals surface area contributed by atoms with Crippen LogP contribution in [0.15, 0.2) is 32.8 Å². The van der Waals surface area contributed by atoms with Crippen molar-refractivity contribution in [3.05, 3.63) is 33.3 Å². The summed E-state index contributed by atoms with van der Waals surface area (Å²) in [6.07, 6.45) is 1.63. The number of amides is 2. The van der Waals surface area contributed by atoms with Crippen molar-refractivity contribution in [2.75, 3.05) is 31.0 Å². The first-order chi connectivity index (χ1) is 15.8. The number of carbonyl (C=O) groups is 4. The molecule has 2 amide bonds. The van der Waals surface area contributed by atoms with E-state index >= 15 is 0 Å². The number of nitrogen functional groups attached to an aromatic ring is 1. The van der Waals surface area contributed by atoms with Gasteiger partial charge in [-0.15, -0.1) is 34.9 Å². The number of aromatic nitrogens is 1. The third kappa shape index (κ3) is 5.13. The van der Waals surface area contributed by atoms with Crippen LogP contribution in [0.4, 0.5) is 5.13 Å². The number of thiazole rings is 1. The Morgan fingerprint density at radius 2 is 2.24 bits per heavy atom. The number of carboxylic acid groups (broad SMARTS) is 1. The van der Waals surface area contributed by atoms with Crippen molar-refractivity contribution < 1.29 is 63.4 Å². The summed E-state index contributed by atoms with van der Waals surface area (Å²) in [5.41, 5.74) is 5.80. The third-order valence-corrected chi connectivity index (χ3v) is 8.06. The zero-order chi connectivity index (χ0) is 23.7. The van der Waals surface area contributed by atoms with Gasteiger partial charge in [0.05, 0.1) is 11.7 Å². The number of hydrogen-bond acceptors (Lipinski definition) is 13. The average molecular weight is 534 g/mol. The molecular formula is C18H16N5NaO7S3. The summed E-state index contributed by atoms with van der Waals surface area (Å²) in [5.74, 6) is -2.80. The largest absolute Gasteiger partial charge is 1.00 e. The van der Waals surface area contributed by atoms with Gasteiger partial charge in [0.1, 0.15) is 30.8 Å². The van der Waals surface area contributed by atoms with E-state index in [-0.39, 0.29) is 69.9 Å². The number of oxime groups is 1. The number of carbonyl (C=O) groups excluding carboxylic acids is 4. The summed E-state index contributed by atoms with van der Waals surface area (Å²) < 4.78 is 4.84. The Kier molecular flexibility index (Phi) is 8.70. The first kappa shape index (κ1) is 26.6. The zero-order valence-electron chi connectivity index (χ0n) is 17.9. The van der Waals surface area contributed by atoms with E-state index in [1.165, 1.54) is 24.3 Å². The van der Waals surface area contributed by atoms with Crippen LogP contribution in [0.3, 0.4) is 0 Å². The van der Waals surface area contributed by atoms with Crippen LogP contribution in [0.2, 0.25) is 0 Å². The van der Waals surface area contributed by atoms with Gasteiger partial charge in [0.15, 0.2) is 10.8 Å². The number of anilines is 1. The fraction of sp³-hybridized carbons (Fsp3) is 0.333. The second-order valence-electron chi connectivity index (χ2n) is 6.73. The van der Waals surface area contributed by atoms with Gasteiger partial charge in [-0.1, -0.05) is 5.16 Å². The molecule has 3 aliphatic rings. The Morgan fingerprint density at radius 3 is 2.82 bits per heavy atom. The molecule has 0 spiro atoms. The number of rotatable bonds is 8. The number of hydrogen-bond donors (Lipinski definition) is 2. The van der Waals surface area contributed by atoms with E-state index in [4.69, 9.17) is 15.3 Å².